The SMILES string of the molecule is Cc1cccc(NS(=O)(=O)c2cc(-c3ccccc3)no2)c1. The van der Waals surface area contributed by atoms with Crippen LogP contribution in [0.1, 0.15) is 5.56 Å². The van der Waals surface area contributed by atoms with Gasteiger partial charge >= 0.3 is 0 Å². The van der Waals surface area contributed by atoms with Gasteiger partial charge in [0.2, 0.25) is 0 Å². The van der Waals surface area contributed by atoms with Gasteiger partial charge in [-0.15, -0.1) is 0 Å². The summed E-state index contributed by atoms with van der Waals surface area (Å²) in [5.41, 5.74) is 2.72. The zero-order valence-corrected chi connectivity index (χ0v) is 12.7. The summed E-state index contributed by atoms with van der Waals surface area (Å²) in [4.78, 5) is 0. The van der Waals surface area contributed by atoms with E-state index in [1.807, 2.05) is 43.3 Å². The van der Waals surface area contributed by atoms with Gasteiger partial charge in [-0.05, 0) is 24.6 Å². The van der Waals surface area contributed by atoms with E-state index in [9.17, 15) is 8.42 Å². The van der Waals surface area contributed by atoms with Crippen LogP contribution in [0.25, 0.3) is 11.3 Å². The highest BCUT2D eigenvalue weighted by Gasteiger charge is 2.21. The first-order chi connectivity index (χ1) is 10.5. The van der Waals surface area contributed by atoms with Crippen LogP contribution in [-0.2, 0) is 10.0 Å². The van der Waals surface area contributed by atoms with Gasteiger partial charge in [0.15, 0.2) is 0 Å². The molecule has 0 radical (unpaired) electrons. The Kier molecular flexibility index (Phi) is 3.68. The first-order valence-corrected chi connectivity index (χ1v) is 8.14. The normalized spacial score (nSPS) is 11.3. The van der Waals surface area contributed by atoms with Crippen LogP contribution in [0.3, 0.4) is 0 Å². The molecular formula is C16H14N2O3S. The maximum atomic E-state index is 12.3. The fourth-order valence-corrected chi connectivity index (χ4v) is 2.98. The lowest BCUT2D eigenvalue weighted by molar-refractivity contribution is 0.341. The first-order valence-electron chi connectivity index (χ1n) is 6.66. The van der Waals surface area contributed by atoms with Crippen molar-refractivity contribution in [2.24, 2.45) is 0 Å². The summed E-state index contributed by atoms with van der Waals surface area (Å²) in [5, 5.41) is 3.60. The summed E-state index contributed by atoms with van der Waals surface area (Å²) in [6.45, 7) is 1.89. The molecule has 1 aromatic heterocycles. The quantitative estimate of drug-likeness (QED) is 0.800. The predicted molar refractivity (Wildman–Crippen MR) is 83.9 cm³/mol. The van der Waals surface area contributed by atoms with E-state index in [0.29, 0.717) is 11.4 Å². The van der Waals surface area contributed by atoms with Gasteiger partial charge in [-0.1, -0.05) is 47.6 Å². The Hall–Kier alpha value is -2.60. The number of anilines is 1. The highest BCUT2D eigenvalue weighted by Crippen LogP contribution is 2.23. The molecule has 0 fully saturated rings. The van der Waals surface area contributed by atoms with E-state index in [2.05, 4.69) is 9.88 Å². The lowest BCUT2D eigenvalue weighted by Crippen LogP contribution is -2.12. The van der Waals surface area contributed by atoms with Crippen molar-refractivity contribution in [3.63, 3.8) is 0 Å². The van der Waals surface area contributed by atoms with Crippen LogP contribution in [0.4, 0.5) is 5.69 Å². The van der Waals surface area contributed by atoms with Crippen LogP contribution < -0.4 is 4.72 Å². The molecule has 0 aliphatic carbocycles. The van der Waals surface area contributed by atoms with Crippen LogP contribution in [0, 0.1) is 6.92 Å². The van der Waals surface area contributed by atoms with Crippen molar-refractivity contribution in [1.29, 1.82) is 0 Å². The topological polar surface area (TPSA) is 72.2 Å². The van der Waals surface area contributed by atoms with Crippen LogP contribution in [-0.4, -0.2) is 13.6 Å². The van der Waals surface area contributed by atoms with Crippen molar-refractivity contribution < 1.29 is 12.9 Å². The molecule has 6 heteroatoms. The second-order valence-electron chi connectivity index (χ2n) is 4.87. The fourth-order valence-electron chi connectivity index (χ4n) is 2.04. The van der Waals surface area contributed by atoms with Crippen LogP contribution >= 0.6 is 0 Å². The maximum Gasteiger partial charge on any atom is 0.298 e. The smallest absolute Gasteiger partial charge is 0.298 e. The molecule has 1 N–H and O–H groups in total. The number of hydrogen-bond donors (Lipinski definition) is 1. The van der Waals surface area contributed by atoms with Crippen molar-refractivity contribution in [2.75, 3.05) is 4.72 Å². The molecule has 0 unspecified atom stereocenters. The minimum absolute atomic E-state index is 0.215. The highest BCUT2D eigenvalue weighted by molar-refractivity contribution is 7.92. The van der Waals surface area contributed by atoms with Crippen LogP contribution in [0.2, 0.25) is 0 Å². The average molecular weight is 314 g/mol. The van der Waals surface area contributed by atoms with Crippen LogP contribution in [0.5, 0.6) is 0 Å². The largest absolute Gasteiger partial charge is 0.342 e. The Morgan fingerprint density at radius 3 is 2.50 bits per heavy atom. The first kappa shape index (κ1) is 14.3. The third-order valence-electron chi connectivity index (χ3n) is 3.09. The van der Waals surface area contributed by atoms with E-state index in [1.54, 1.807) is 18.2 Å². The fraction of sp³-hybridized carbons (Fsp3) is 0.0625. The van der Waals surface area contributed by atoms with Gasteiger partial charge in [0, 0.05) is 17.3 Å². The van der Waals surface area contributed by atoms with Crippen molar-refractivity contribution >= 4 is 15.7 Å². The molecule has 0 amide bonds. The molecule has 0 spiro atoms. The molecule has 22 heavy (non-hydrogen) atoms. The van der Waals surface area contributed by atoms with E-state index in [1.165, 1.54) is 6.07 Å². The van der Waals surface area contributed by atoms with Gasteiger partial charge in [0.25, 0.3) is 15.1 Å². The van der Waals surface area contributed by atoms with E-state index >= 15 is 0 Å². The molecule has 0 bridgehead atoms. The molecule has 0 aliphatic rings. The van der Waals surface area contributed by atoms with Crippen molar-refractivity contribution in [1.82, 2.24) is 5.16 Å². The maximum absolute atomic E-state index is 12.3. The molecule has 0 saturated heterocycles. The van der Waals surface area contributed by atoms with Gasteiger partial charge in [0.05, 0.1) is 0 Å². The number of rotatable bonds is 4. The molecule has 5 nitrogen and oxygen atoms in total. The minimum atomic E-state index is -3.80. The third kappa shape index (κ3) is 3.01. The van der Waals surface area contributed by atoms with Gasteiger partial charge in [-0.25, -0.2) is 0 Å². The molecule has 3 rings (SSSR count). The second-order valence-corrected chi connectivity index (χ2v) is 6.49. The Bertz CT molecular complexity index is 887. The zero-order valence-electron chi connectivity index (χ0n) is 11.9. The number of nitrogens with zero attached hydrogens (tertiary/aromatic N) is 1. The van der Waals surface area contributed by atoms with Gasteiger partial charge in [-0.3, -0.25) is 4.72 Å². The summed E-state index contributed by atoms with van der Waals surface area (Å²) < 4.78 is 32.1. The van der Waals surface area contributed by atoms with E-state index in [4.69, 9.17) is 4.52 Å². The molecule has 112 valence electrons. The van der Waals surface area contributed by atoms with Gasteiger partial charge < -0.3 is 4.52 Å². The Morgan fingerprint density at radius 2 is 1.77 bits per heavy atom. The van der Waals surface area contributed by atoms with E-state index in [-0.39, 0.29) is 5.09 Å². The summed E-state index contributed by atoms with van der Waals surface area (Å²) in [5.74, 6) is 0. The third-order valence-corrected chi connectivity index (χ3v) is 4.32. The minimum Gasteiger partial charge on any atom is -0.342 e. The van der Waals surface area contributed by atoms with Crippen molar-refractivity contribution in [3.8, 4) is 11.3 Å². The molecule has 1 heterocycles. The summed E-state index contributed by atoms with van der Waals surface area (Å²) in [6, 6.07) is 17.7. The Morgan fingerprint density at radius 1 is 1.00 bits per heavy atom. The summed E-state index contributed by atoms with van der Waals surface area (Å²) in [7, 11) is -3.80. The zero-order chi connectivity index (χ0) is 15.6. The van der Waals surface area contributed by atoms with Gasteiger partial charge in [0.1, 0.15) is 5.69 Å². The van der Waals surface area contributed by atoms with Crippen LogP contribution in [0.15, 0.2) is 70.3 Å². The standard InChI is InChI=1S/C16H14N2O3S/c1-12-6-5-9-14(10-12)18-22(19,20)16-11-15(17-21-16)13-7-3-2-4-8-13/h2-11,18H,1H3. The summed E-state index contributed by atoms with van der Waals surface area (Å²) >= 11 is 0. The predicted octanol–water partition coefficient (Wildman–Crippen LogP) is 3.45. The van der Waals surface area contributed by atoms with Crippen molar-refractivity contribution in [2.45, 2.75) is 12.0 Å². The number of nitrogens with one attached hydrogen (secondary N) is 1. The Balaban J connectivity index is 1.89. The number of aryl methyl sites for hydroxylation is 1. The second kappa shape index (κ2) is 5.65. The monoisotopic (exact) mass is 314 g/mol. The lowest BCUT2D eigenvalue weighted by Gasteiger charge is -2.05. The summed E-state index contributed by atoms with van der Waals surface area (Å²) in [6.07, 6.45) is 0. The lowest BCUT2D eigenvalue weighted by atomic mass is 10.2. The number of benzene rings is 2. The highest BCUT2D eigenvalue weighted by atomic mass is 32.2. The van der Waals surface area contributed by atoms with E-state index in [0.717, 1.165) is 11.1 Å². The molecule has 0 saturated carbocycles. The molecule has 2 aromatic carbocycles. The van der Waals surface area contributed by atoms with Gasteiger partial charge in [-0.2, -0.15) is 8.42 Å². The molecule has 0 aliphatic heterocycles. The number of hydrogen-bond acceptors (Lipinski definition) is 4. The number of sulfonamides is 1. The number of aromatic nitrogens is 1. The van der Waals surface area contributed by atoms with Crippen molar-refractivity contribution in [3.05, 3.63) is 66.2 Å². The Labute approximate surface area is 128 Å². The molecular weight excluding hydrogens is 300 g/mol. The molecule has 3 aromatic rings. The average Bonchev–Trinajstić information content (AvgIpc) is 2.98. The van der Waals surface area contributed by atoms with E-state index < -0.39 is 10.0 Å². The molecule has 0 atom stereocenters.